The first-order valence-corrected chi connectivity index (χ1v) is 7.00. The van der Waals surface area contributed by atoms with Crippen LogP contribution in [0.5, 0.6) is 0 Å². The van der Waals surface area contributed by atoms with E-state index >= 15 is 0 Å². The lowest BCUT2D eigenvalue weighted by molar-refractivity contribution is 0.108. The second-order valence-electron chi connectivity index (χ2n) is 5.19. The highest BCUT2D eigenvalue weighted by Crippen LogP contribution is 2.26. The fraction of sp³-hybridized carbons (Fsp3) is 0.571. The van der Waals surface area contributed by atoms with Crippen LogP contribution in [0.25, 0.3) is 5.78 Å². The number of aliphatic hydroxyl groups excluding tert-OH is 1. The van der Waals surface area contributed by atoms with E-state index in [0.29, 0.717) is 6.04 Å². The van der Waals surface area contributed by atoms with Crippen molar-refractivity contribution in [3.63, 3.8) is 0 Å². The summed E-state index contributed by atoms with van der Waals surface area (Å²) in [7, 11) is 0. The van der Waals surface area contributed by atoms with Crippen LogP contribution in [-0.4, -0.2) is 43.6 Å². The number of aromatic nitrogens is 3. The van der Waals surface area contributed by atoms with Crippen molar-refractivity contribution in [2.24, 2.45) is 0 Å². The number of aliphatic hydroxyl groups is 1. The minimum absolute atomic E-state index is 0.260. The topological polar surface area (TPSA) is 53.7 Å². The molecule has 0 radical (unpaired) electrons. The highest BCUT2D eigenvalue weighted by molar-refractivity contribution is 5.29. The molecule has 0 bridgehead atoms. The van der Waals surface area contributed by atoms with E-state index in [1.165, 1.54) is 19.3 Å². The maximum atomic E-state index is 9.01. The molecular weight excluding hydrogens is 240 g/mol. The molecule has 0 saturated heterocycles. The first-order valence-electron chi connectivity index (χ1n) is 7.00. The predicted octanol–water partition coefficient (Wildman–Crippen LogP) is 1.47. The van der Waals surface area contributed by atoms with Crippen LogP contribution in [0, 0.1) is 0 Å². The highest BCUT2D eigenvalue weighted by atomic mass is 16.3. The number of rotatable bonds is 6. The molecule has 19 heavy (non-hydrogen) atoms. The Balaban J connectivity index is 1.72. The first-order chi connectivity index (χ1) is 9.36. The van der Waals surface area contributed by atoms with E-state index in [1.54, 1.807) is 6.20 Å². The van der Waals surface area contributed by atoms with Gasteiger partial charge < -0.3 is 5.11 Å². The first kappa shape index (κ1) is 12.6. The molecule has 1 aliphatic carbocycles. The molecule has 1 N–H and O–H groups in total. The molecular formula is C14H20N4O. The Bertz CT molecular complexity index is 502. The standard InChI is InChI=1S/C14H20N4O/c19-9-3-8-17(13-4-1-5-13)10-12-11-18-7-2-6-15-14(18)16-12/h2,6-7,11,13,19H,1,3-5,8-10H2. The van der Waals surface area contributed by atoms with Crippen LogP contribution in [0.4, 0.5) is 0 Å². The number of nitrogens with zero attached hydrogens (tertiary/aromatic N) is 4. The minimum atomic E-state index is 0.260. The Morgan fingerprint density at radius 1 is 1.42 bits per heavy atom. The Labute approximate surface area is 112 Å². The Morgan fingerprint density at radius 2 is 2.32 bits per heavy atom. The largest absolute Gasteiger partial charge is 0.396 e. The summed E-state index contributed by atoms with van der Waals surface area (Å²) in [6.07, 6.45) is 10.5. The third kappa shape index (κ3) is 2.77. The van der Waals surface area contributed by atoms with E-state index in [0.717, 1.165) is 31.0 Å². The van der Waals surface area contributed by atoms with Crippen LogP contribution in [0.2, 0.25) is 0 Å². The zero-order chi connectivity index (χ0) is 13.1. The Morgan fingerprint density at radius 3 is 3.00 bits per heavy atom. The van der Waals surface area contributed by atoms with Crippen LogP contribution in [-0.2, 0) is 6.54 Å². The third-order valence-corrected chi connectivity index (χ3v) is 3.85. The SMILES string of the molecule is OCCCN(Cc1cn2cccnc2n1)C1CCC1. The van der Waals surface area contributed by atoms with Gasteiger partial charge in [-0.1, -0.05) is 6.42 Å². The summed E-state index contributed by atoms with van der Waals surface area (Å²) in [6, 6.07) is 2.58. The fourth-order valence-corrected chi connectivity index (χ4v) is 2.58. The summed E-state index contributed by atoms with van der Waals surface area (Å²) in [5, 5.41) is 9.01. The van der Waals surface area contributed by atoms with Crippen LogP contribution in [0.15, 0.2) is 24.7 Å². The highest BCUT2D eigenvalue weighted by Gasteiger charge is 2.25. The van der Waals surface area contributed by atoms with Crippen LogP contribution >= 0.6 is 0 Å². The summed E-state index contributed by atoms with van der Waals surface area (Å²) < 4.78 is 1.96. The zero-order valence-electron chi connectivity index (χ0n) is 11.1. The van der Waals surface area contributed by atoms with Crippen molar-refractivity contribution in [1.82, 2.24) is 19.3 Å². The summed E-state index contributed by atoms with van der Waals surface area (Å²) in [6.45, 7) is 2.06. The van der Waals surface area contributed by atoms with Gasteiger partial charge in [0.05, 0.1) is 5.69 Å². The monoisotopic (exact) mass is 260 g/mol. The average molecular weight is 260 g/mol. The van der Waals surface area contributed by atoms with Gasteiger partial charge in [0.2, 0.25) is 5.78 Å². The molecule has 0 amide bonds. The smallest absolute Gasteiger partial charge is 0.233 e. The molecule has 102 valence electrons. The van der Waals surface area contributed by atoms with Gasteiger partial charge in [-0.15, -0.1) is 0 Å². The van der Waals surface area contributed by atoms with Crippen LogP contribution < -0.4 is 0 Å². The van der Waals surface area contributed by atoms with Gasteiger partial charge in [-0.25, -0.2) is 9.97 Å². The molecule has 1 fully saturated rings. The summed E-state index contributed by atoms with van der Waals surface area (Å²) in [4.78, 5) is 11.2. The van der Waals surface area contributed by atoms with Gasteiger partial charge in [-0.05, 0) is 25.3 Å². The van der Waals surface area contributed by atoms with Crippen molar-refractivity contribution >= 4 is 5.78 Å². The van der Waals surface area contributed by atoms with Crippen LogP contribution in [0.1, 0.15) is 31.4 Å². The summed E-state index contributed by atoms with van der Waals surface area (Å²) >= 11 is 0. The number of imidazole rings is 1. The van der Waals surface area contributed by atoms with Crippen molar-refractivity contribution < 1.29 is 5.11 Å². The molecule has 0 aromatic carbocycles. The van der Waals surface area contributed by atoms with Gasteiger partial charge in [0.1, 0.15) is 0 Å². The summed E-state index contributed by atoms with van der Waals surface area (Å²) in [5.74, 6) is 0.758. The van der Waals surface area contributed by atoms with Crippen molar-refractivity contribution in [3.8, 4) is 0 Å². The van der Waals surface area contributed by atoms with E-state index in [2.05, 4.69) is 14.9 Å². The quantitative estimate of drug-likeness (QED) is 0.854. The lowest BCUT2D eigenvalue weighted by Crippen LogP contribution is -2.40. The molecule has 1 saturated carbocycles. The van der Waals surface area contributed by atoms with Crippen molar-refractivity contribution in [1.29, 1.82) is 0 Å². The van der Waals surface area contributed by atoms with E-state index < -0.39 is 0 Å². The molecule has 2 aromatic rings. The Hall–Kier alpha value is -1.46. The fourth-order valence-electron chi connectivity index (χ4n) is 2.58. The van der Waals surface area contributed by atoms with Gasteiger partial charge in [0.25, 0.3) is 0 Å². The summed E-state index contributed by atoms with van der Waals surface area (Å²) in [5.41, 5.74) is 1.06. The van der Waals surface area contributed by atoms with Gasteiger partial charge in [-0.2, -0.15) is 0 Å². The molecule has 2 aromatic heterocycles. The third-order valence-electron chi connectivity index (χ3n) is 3.85. The number of hydrogen-bond donors (Lipinski definition) is 1. The number of fused-ring (bicyclic) bond motifs is 1. The molecule has 2 heterocycles. The van der Waals surface area contributed by atoms with Crippen molar-refractivity contribution in [3.05, 3.63) is 30.4 Å². The second-order valence-corrected chi connectivity index (χ2v) is 5.19. The molecule has 0 spiro atoms. The molecule has 0 unspecified atom stereocenters. The van der Waals surface area contributed by atoms with Crippen LogP contribution in [0.3, 0.4) is 0 Å². The molecule has 5 nitrogen and oxygen atoms in total. The maximum Gasteiger partial charge on any atom is 0.233 e. The molecule has 3 rings (SSSR count). The predicted molar refractivity (Wildman–Crippen MR) is 72.7 cm³/mol. The lowest BCUT2D eigenvalue weighted by atomic mass is 9.91. The van der Waals surface area contributed by atoms with Gasteiger partial charge >= 0.3 is 0 Å². The zero-order valence-corrected chi connectivity index (χ0v) is 11.1. The minimum Gasteiger partial charge on any atom is -0.396 e. The van der Waals surface area contributed by atoms with E-state index in [1.807, 2.05) is 22.9 Å². The maximum absolute atomic E-state index is 9.01. The van der Waals surface area contributed by atoms with Gasteiger partial charge in [0, 0.05) is 44.3 Å². The molecule has 5 heteroatoms. The van der Waals surface area contributed by atoms with Crippen molar-refractivity contribution in [2.45, 2.75) is 38.3 Å². The molecule has 0 atom stereocenters. The normalized spacial score (nSPS) is 16.1. The van der Waals surface area contributed by atoms with E-state index in [-0.39, 0.29) is 6.61 Å². The average Bonchev–Trinajstić information content (AvgIpc) is 2.76. The van der Waals surface area contributed by atoms with Crippen molar-refractivity contribution in [2.75, 3.05) is 13.2 Å². The molecule has 1 aliphatic rings. The van der Waals surface area contributed by atoms with Gasteiger partial charge in [0.15, 0.2) is 0 Å². The Kier molecular flexibility index (Phi) is 3.75. The second kappa shape index (κ2) is 5.67. The number of hydrogen-bond acceptors (Lipinski definition) is 4. The lowest BCUT2D eigenvalue weighted by Gasteiger charge is -2.37. The van der Waals surface area contributed by atoms with E-state index in [4.69, 9.17) is 5.11 Å². The van der Waals surface area contributed by atoms with Gasteiger partial charge in [-0.3, -0.25) is 9.30 Å². The molecule has 0 aliphatic heterocycles. The van der Waals surface area contributed by atoms with E-state index in [9.17, 15) is 0 Å².